The summed E-state index contributed by atoms with van der Waals surface area (Å²) in [5.41, 5.74) is 11.2. The van der Waals surface area contributed by atoms with Crippen LogP contribution >= 0.6 is 0 Å². The van der Waals surface area contributed by atoms with Gasteiger partial charge in [0.05, 0.1) is 25.6 Å². The zero-order chi connectivity index (χ0) is 15.6. The van der Waals surface area contributed by atoms with Crippen LogP contribution in [0.25, 0.3) is 0 Å². The number of ether oxygens (including phenoxy) is 2. The van der Waals surface area contributed by atoms with Crippen LogP contribution in [0.4, 0.5) is 17.1 Å². The summed E-state index contributed by atoms with van der Waals surface area (Å²) in [5, 5.41) is 0. The highest BCUT2D eigenvalue weighted by atomic mass is 16.5. The van der Waals surface area contributed by atoms with Crippen LogP contribution in [0, 0.1) is 13.8 Å². The Bertz CT molecular complexity index is 633. The Morgan fingerprint density at radius 3 is 1.90 bits per heavy atom. The van der Waals surface area contributed by atoms with E-state index in [-0.39, 0.29) is 0 Å². The van der Waals surface area contributed by atoms with E-state index in [9.17, 15) is 0 Å². The predicted molar refractivity (Wildman–Crippen MR) is 87.9 cm³/mol. The molecule has 2 aromatic rings. The number of hydrogen-bond acceptors (Lipinski definition) is 4. The second kappa shape index (κ2) is 5.95. The maximum atomic E-state index is 6.16. The maximum Gasteiger partial charge on any atom is 0.162 e. The predicted octanol–water partition coefficient (Wildman–Crippen LogP) is 3.67. The van der Waals surface area contributed by atoms with Gasteiger partial charge in [0.2, 0.25) is 0 Å². The Morgan fingerprint density at radius 1 is 0.857 bits per heavy atom. The number of methoxy groups -OCH3 is 2. The quantitative estimate of drug-likeness (QED) is 0.871. The Morgan fingerprint density at radius 2 is 1.38 bits per heavy atom. The second-order valence-corrected chi connectivity index (χ2v) is 5.17. The fourth-order valence-corrected chi connectivity index (χ4v) is 2.46. The first-order valence-electron chi connectivity index (χ1n) is 6.79. The largest absolute Gasteiger partial charge is 0.493 e. The molecule has 0 aliphatic heterocycles. The molecule has 4 nitrogen and oxygen atoms in total. The van der Waals surface area contributed by atoms with Crippen molar-refractivity contribution in [2.75, 3.05) is 31.9 Å². The Hall–Kier alpha value is -2.36. The first-order chi connectivity index (χ1) is 9.96. The number of aryl methyl sites for hydroxylation is 2. The smallest absolute Gasteiger partial charge is 0.162 e. The van der Waals surface area contributed by atoms with Crippen LogP contribution in [0.2, 0.25) is 0 Å². The molecule has 2 rings (SSSR count). The second-order valence-electron chi connectivity index (χ2n) is 5.17. The van der Waals surface area contributed by atoms with Crippen LogP contribution in [0.3, 0.4) is 0 Å². The van der Waals surface area contributed by atoms with E-state index in [1.165, 1.54) is 11.1 Å². The topological polar surface area (TPSA) is 47.7 Å². The van der Waals surface area contributed by atoms with Crippen molar-refractivity contribution < 1.29 is 9.47 Å². The third-order valence-corrected chi connectivity index (χ3v) is 3.49. The molecule has 0 amide bonds. The van der Waals surface area contributed by atoms with Crippen molar-refractivity contribution in [1.82, 2.24) is 0 Å². The Kier molecular flexibility index (Phi) is 4.26. The van der Waals surface area contributed by atoms with E-state index < -0.39 is 0 Å². The molecule has 0 bridgehead atoms. The summed E-state index contributed by atoms with van der Waals surface area (Å²) < 4.78 is 10.6. The molecular weight excluding hydrogens is 264 g/mol. The van der Waals surface area contributed by atoms with Crippen molar-refractivity contribution in [3.63, 3.8) is 0 Å². The van der Waals surface area contributed by atoms with Crippen molar-refractivity contribution in [1.29, 1.82) is 0 Å². The van der Waals surface area contributed by atoms with Crippen LogP contribution in [-0.2, 0) is 0 Å². The Labute approximate surface area is 126 Å². The number of hydrogen-bond donors (Lipinski definition) is 1. The molecular formula is C17H22N2O2. The average molecular weight is 286 g/mol. The van der Waals surface area contributed by atoms with Gasteiger partial charge in [-0.05, 0) is 37.1 Å². The van der Waals surface area contributed by atoms with E-state index in [4.69, 9.17) is 15.2 Å². The monoisotopic (exact) mass is 286 g/mol. The van der Waals surface area contributed by atoms with Crippen molar-refractivity contribution in [2.24, 2.45) is 0 Å². The minimum atomic E-state index is 0.632. The number of nitrogens with zero attached hydrogens (tertiary/aromatic N) is 1. The van der Waals surface area contributed by atoms with Crippen molar-refractivity contribution in [2.45, 2.75) is 13.8 Å². The first-order valence-corrected chi connectivity index (χ1v) is 6.79. The van der Waals surface area contributed by atoms with E-state index in [0.29, 0.717) is 17.2 Å². The third kappa shape index (κ3) is 3.05. The van der Waals surface area contributed by atoms with E-state index >= 15 is 0 Å². The normalized spacial score (nSPS) is 10.3. The number of nitrogens with two attached hydrogens (primary N) is 1. The molecule has 0 fully saturated rings. The van der Waals surface area contributed by atoms with Crippen molar-refractivity contribution in [3.05, 3.63) is 41.5 Å². The van der Waals surface area contributed by atoms with E-state index in [1.807, 2.05) is 13.1 Å². The van der Waals surface area contributed by atoms with Crippen molar-refractivity contribution >= 4 is 17.1 Å². The number of benzene rings is 2. The molecule has 4 heteroatoms. The van der Waals surface area contributed by atoms with Crippen LogP contribution in [0.1, 0.15) is 11.1 Å². The van der Waals surface area contributed by atoms with E-state index in [2.05, 4.69) is 36.9 Å². The van der Waals surface area contributed by atoms with Gasteiger partial charge in [0.25, 0.3) is 0 Å². The van der Waals surface area contributed by atoms with Crippen LogP contribution in [-0.4, -0.2) is 21.3 Å². The summed E-state index contributed by atoms with van der Waals surface area (Å²) in [6.45, 7) is 4.17. The summed E-state index contributed by atoms with van der Waals surface area (Å²) in [6, 6.07) is 10.1. The number of nitrogen functional groups attached to an aromatic ring is 1. The first kappa shape index (κ1) is 15.0. The molecule has 2 N–H and O–H groups in total. The summed E-state index contributed by atoms with van der Waals surface area (Å²) in [6.07, 6.45) is 0. The highest BCUT2D eigenvalue weighted by Gasteiger charge is 2.14. The summed E-state index contributed by atoms with van der Waals surface area (Å²) in [4.78, 5) is 2.05. The third-order valence-electron chi connectivity index (χ3n) is 3.49. The fraction of sp³-hybridized carbons (Fsp3) is 0.294. The molecule has 21 heavy (non-hydrogen) atoms. The van der Waals surface area contributed by atoms with Gasteiger partial charge >= 0.3 is 0 Å². The number of rotatable bonds is 4. The van der Waals surface area contributed by atoms with Gasteiger partial charge in [-0.3, -0.25) is 0 Å². The van der Waals surface area contributed by atoms with Gasteiger partial charge in [-0.15, -0.1) is 0 Å². The molecule has 0 saturated heterocycles. The van der Waals surface area contributed by atoms with Gasteiger partial charge in [-0.2, -0.15) is 0 Å². The van der Waals surface area contributed by atoms with Gasteiger partial charge < -0.3 is 20.1 Å². The molecule has 0 radical (unpaired) electrons. The standard InChI is InChI=1S/C17H22N2O2/c1-11-6-12(2)8-13(7-11)19(3)15-10-17(21-5)16(20-4)9-14(15)18/h6-10H,18H2,1-5H3. The van der Waals surface area contributed by atoms with Gasteiger partial charge in [-0.1, -0.05) is 6.07 Å². The van der Waals surface area contributed by atoms with Crippen LogP contribution in [0.5, 0.6) is 11.5 Å². The Balaban J connectivity index is 2.49. The molecule has 2 aromatic carbocycles. The molecule has 0 saturated carbocycles. The SMILES string of the molecule is COc1cc(N)c(N(C)c2cc(C)cc(C)c2)cc1OC. The molecule has 0 aromatic heterocycles. The fourth-order valence-electron chi connectivity index (χ4n) is 2.46. The van der Waals surface area contributed by atoms with Crippen molar-refractivity contribution in [3.8, 4) is 11.5 Å². The van der Waals surface area contributed by atoms with Crippen LogP contribution in [0.15, 0.2) is 30.3 Å². The average Bonchev–Trinajstić information content (AvgIpc) is 2.45. The molecule has 0 atom stereocenters. The molecule has 0 aliphatic carbocycles. The van der Waals surface area contributed by atoms with Gasteiger partial charge in [0, 0.05) is 24.9 Å². The zero-order valence-electron chi connectivity index (χ0n) is 13.2. The lowest BCUT2D eigenvalue weighted by molar-refractivity contribution is 0.355. The molecule has 0 unspecified atom stereocenters. The van der Waals surface area contributed by atoms with Gasteiger partial charge in [0.1, 0.15) is 0 Å². The molecule has 0 heterocycles. The van der Waals surface area contributed by atoms with E-state index in [1.54, 1.807) is 20.3 Å². The lowest BCUT2D eigenvalue weighted by Crippen LogP contribution is -2.12. The minimum Gasteiger partial charge on any atom is -0.493 e. The molecule has 0 aliphatic rings. The van der Waals surface area contributed by atoms with Gasteiger partial charge in [0.15, 0.2) is 11.5 Å². The van der Waals surface area contributed by atoms with Gasteiger partial charge in [-0.25, -0.2) is 0 Å². The lowest BCUT2D eigenvalue weighted by atomic mass is 10.1. The number of anilines is 3. The minimum absolute atomic E-state index is 0.632. The summed E-state index contributed by atoms with van der Waals surface area (Å²) >= 11 is 0. The molecule has 112 valence electrons. The highest BCUT2D eigenvalue weighted by Crippen LogP contribution is 2.39. The maximum absolute atomic E-state index is 6.16. The zero-order valence-corrected chi connectivity index (χ0v) is 13.2. The summed E-state index contributed by atoms with van der Waals surface area (Å²) in [5.74, 6) is 1.30. The lowest BCUT2D eigenvalue weighted by Gasteiger charge is -2.23. The highest BCUT2D eigenvalue weighted by molar-refractivity contribution is 5.78. The summed E-state index contributed by atoms with van der Waals surface area (Å²) in [7, 11) is 5.21. The van der Waals surface area contributed by atoms with Crippen LogP contribution < -0.4 is 20.1 Å². The molecule has 0 spiro atoms. The van der Waals surface area contributed by atoms with E-state index in [0.717, 1.165) is 11.4 Å².